The molecule has 1 aromatic heterocycles. The van der Waals surface area contributed by atoms with Crippen LogP contribution in [0.4, 0.5) is 18.9 Å². The van der Waals surface area contributed by atoms with Gasteiger partial charge in [-0.2, -0.15) is 13.2 Å². The van der Waals surface area contributed by atoms with Crippen molar-refractivity contribution in [2.24, 2.45) is 0 Å². The zero-order valence-corrected chi connectivity index (χ0v) is 17.2. The van der Waals surface area contributed by atoms with Crippen molar-refractivity contribution in [1.82, 2.24) is 14.5 Å². The number of rotatable bonds is 2. The van der Waals surface area contributed by atoms with Gasteiger partial charge in [0, 0.05) is 24.8 Å². The molecule has 0 radical (unpaired) electrons. The summed E-state index contributed by atoms with van der Waals surface area (Å²) >= 11 is 11.1. The molecule has 0 saturated carbocycles. The predicted molar refractivity (Wildman–Crippen MR) is 115 cm³/mol. The van der Waals surface area contributed by atoms with Crippen LogP contribution in [0.1, 0.15) is 24.4 Å². The van der Waals surface area contributed by atoms with Gasteiger partial charge in [-0.3, -0.25) is 4.57 Å². The predicted octanol–water partition coefficient (Wildman–Crippen LogP) is 5.04. The second kappa shape index (κ2) is 7.96. The number of aromatic nitrogens is 2. The van der Waals surface area contributed by atoms with E-state index in [0.29, 0.717) is 31.0 Å². The van der Waals surface area contributed by atoms with E-state index in [0.717, 1.165) is 17.1 Å². The Labute approximate surface area is 180 Å². The Kier molecular flexibility index (Phi) is 5.50. The fraction of sp³-hybridized carbons (Fsp3) is 0.300. The van der Waals surface area contributed by atoms with Crippen LogP contribution in [0.5, 0.6) is 0 Å². The largest absolute Gasteiger partial charge is 0.417 e. The summed E-state index contributed by atoms with van der Waals surface area (Å²) in [5, 5.41) is 2.85. The summed E-state index contributed by atoms with van der Waals surface area (Å²) in [5.41, 5.74) is 0.838. The first-order chi connectivity index (χ1) is 14.2. The van der Waals surface area contributed by atoms with Crippen LogP contribution >= 0.6 is 23.8 Å². The maximum atomic E-state index is 13.1. The van der Waals surface area contributed by atoms with E-state index in [9.17, 15) is 18.0 Å². The van der Waals surface area contributed by atoms with E-state index in [1.165, 1.54) is 12.1 Å². The number of H-pyrrole nitrogens is 1. The molecule has 2 heterocycles. The first kappa shape index (κ1) is 20.7. The molecule has 5 nitrogen and oxygen atoms in total. The molecular formula is C20H18ClF3N4OS. The number of likely N-dealkylation sites (tertiary alicyclic amines) is 1. The molecule has 0 bridgehead atoms. The van der Waals surface area contributed by atoms with Gasteiger partial charge in [0.15, 0.2) is 5.11 Å². The highest BCUT2D eigenvalue weighted by Crippen LogP contribution is 2.36. The Morgan fingerprint density at radius 1 is 1.17 bits per heavy atom. The van der Waals surface area contributed by atoms with Crippen molar-refractivity contribution in [3.63, 3.8) is 0 Å². The minimum atomic E-state index is -4.54. The smallest absolute Gasteiger partial charge is 0.349 e. The first-order valence-corrected chi connectivity index (χ1v) is 10.1. The minimum Gasteiger partial charge on any atom is -0.349 e. The number of imidazole rings is 1. The number of hydrogen-bond acceptors (Lipinski definition) is 2. The second-order valence-electron chi connectivity index (χ2n) is 7.16. The van der Waals surface area contributed by atoms with Crippen molar-refractivity contribution < 1.29 is 13.2 Å². The monoisotopic (exact) mass is 454 g/mol. The summed E-state index contributed by atoms with van der Waals surface area (Å²) in [5.74, 6) is 0. The highest BCUT2D eigenvalue weighted by atomic mass is 35.5. The van der Waals surface area contributed by atoms with Crippen molar-refractivity contribution in [2.75, 3.05) is 18.4 Å². The summed E-state index contributed by atoms with van der Waals surface area (Å²) < 4.78 is 40.9. The van der Waals surface area contributed by atoms with Gasteiger partial charge in [0.1, 0.15) is 0 Å². The summed E-state index contributed by atoms with van der Waals surface area (Å²) in [7, 11) is 0. The number of halogens is 4. The molecular weight excluding hydrogens is 437 g/mol. The van der Waals surface area contributed by atoms with Gasteiger partial charge in [-0.1, -0.05) is 23.7 Å². The third-order valence-electron chi connectivity index (χ3n) is 5.26. The number of thiocarbonyl (C=S) groups is 1. The number of aromatic amines is 1. The molecule has 158 valence electrons. The molecule has 1 aliphatic rings. The molecule has 2 aromatic carbocycles. The number of hydrogen-bond donors (Lipinski definition) is 2. The van der Waals surface area contributed by atoms with E-state index in [1.54, 1.807) is 4.57 Å². The van der Waals surface area contributed by atoms with Crippen molar-refractivity contribution in [2.45, 2.75) is 25.1 Å². The van der Waals surface area contributed by atoms with E-state index in [1.807, 2.05) is 29.2 Å². The lowest BCUT2D eigenvalue weighted by atomic mass is 10.0. The van der Waals surface area contributed by atoms with Crippen LogP contribution in [0.2, 0.25) is 5.02 Å². The van der Waals surface area contributed by atoms with Crippen molar-refractivity contribution in [3.05, 3.63) is 63.5 Å². The van der Waals surface area contributed by atoms with Crippen molar-refractivity contribution in [3.8, 4) is 0 Å². The van der Waals surface area contributed by atoms with Crippen LogP contribution in [0.3, 0.4) is 0 Å². The average Bonchev–Trinajstić information content (AvgIpc) is 3.04. The van der Waals surface area contributed by atoms with Crippen molar-refractivity contribution in [1.29, 1.82) is 0 Å². The van der Waals surface area contributed by atoms with Gasteiger partial charge in [-0.05, 0) is 55.4 Å². The third-order valence-corrected chi connectivity index (χ3v) is 5.95. The Balaban J connectivity index is 1.44. The molecule has 0 unspecified atom stereocenters. The van der Waals surface area contributed by atoms with Crippen LogP contribution in [-0.4, -0.2) is 32.7 Å². The molecule has 2 N–H and O–H groups in total. The normalized spacial score (nSPS) is 15.5. The highest BCUT2D eigenvalue weighted by Gasteiger charge is 2.33. The minimum absolute atomic E-state index is 0.0278. The summed E-state index contributed by atoms with van der Waals surface area (Å²) in [6, 6.07) is 11.2. The molecule has 30 heavy (non-hydrogen) atoms. The second-order valence-corrected chi connectivity index (χ2v) is 7.95. The number of anilines is 1. The quantitative estimate of drug-likeness (QED) is 0.533. The van der Waals surface area contributed by atoms with Crippen molar-refractivity contribution >= 4 is 45.7 Å². The van der Waals surface area contributed by atoms with Gasteiger partial charge >= 0.3 is 11.9 Å². The number of nitrogens with one attached hydrogen (secondary N) is 2. The van der Waals surface area contributed by atoms with Gasteiger partial charge in [0.25, 0.3) is 0 Å². The maximum Gasteiger partial charge on any atom is 0.417 e. The number of nitrogens with zero attached hydrogens (tertiary/aromatic N) is 2. The Bertz CT molecular complexity index is 1150. The van der Waals surface area contributed by atoms with E-state index in [2.05, 4.69) is 10.3 Å². The molecule has 10 heteroatoms. The van der Waals surface area contributed by atoms with Gasteiger partial charge in [-0.15, -0.1) is 0 Å². The van der Waals surface area contributed by atoms with Gasteiger partial charge in [0.05, 0.1) is 21.6 Å². The van der Waals surface area contributed by atoms with E-state index >= 15 is 0 Å². The fourth-order valence-corrected chi connectivity index (χ4v) is 4.31. The van der Waals surface area contributed by atoms with Crippen LogP contribution in [0, 0.1) is 0 Å². The topological polar surface area (TPSA) is 53.1 Å². The van der Waals surface area contributed by atoms with Gasteiger partial charge < -0.3 is 15.2 Å². The number of alkyl halides is 3. The number of benzene rings is 2. The van der Waals surface area contributed by atoms with Crippen LogP contribution < -0.4 is 11.0 Å². The van der Waals surface area contributed by atoms with Crippen LogP contribution in [0.25, 0.3) is 11.0 Å². The molecule has 1 saturated heterocycles. The lowest BCUT2D eigenvalue weighted by Gasteiger charge is -2.34. The van der Waals surface area contributed by atoms with Gasteiger partial charge in [-0.25, -0.2) is 4.79 Å². The molecule has 0 atom stereocenters. The molecule has 1 aliphatic heterocycles. The highest BCUT2D eigenvalue weighted by molar-refractivity contribution is 7.80. The Hall–Kier alpha value is -2.52. The third kappa shape index (κ3) is 4.04. The lowest BCUT2D eigenvalue weighted by Crippen LogP contribution is -2.42. The average molecular weight is 455 g/mol. The Morgan fingerprint density at radius 3 is 2.57 bits per heavy atom. The Morgan fingerprint density at radius 2 is 1.87 bits per heavy atom. The fourth-order valence-electron chi connectivity index (χ4n) is 3.79. The summed E-state index contributed by atoms with van der Waals surface area (Å²) in [4.78, 5) is 17.2. The van der Waals surface area contributed by atoms with Gasteiger partial charge in [0.2, 0.25) is 0 Å². The summed E-state index contributed by atoms with van der Waals surface area (Å²) in [6.07, 6.45) is -3.16. The van der Waals surface area contributed by atoms with E-state index in [-0.39, 0.29) is 22.4 Å². The molecule has 1 fully saturated rings. The maximum absolute atomic E-state index is 13.1. The molecule has 3 aromatic rings. The molecule has 0 spiro atoms. The lowest BCUT2D eigenvalue weighted by molar-refractivity contribution is -0.137. The van der Waals surface area contributed by atoms with E-state index in [4.69, 9.17) is 23.8 Å². The molecule has 0 amide bonds. The number of para-hydroxylation sites is 2. The first-order valence-electron chi connectivity index (χ1n) is 9.36. The standard InChI is InChI=1S/C20H18ClF3N4OS/c21-15-6-5-12(11-14(15)20(22,23)24)25-19(30)27-9-7-13(8-10-27)28-17-4-2-1-3-16(17)26-18(28)29/h1-6,11,13H,7-10H2,(H,25,30)(H,26,29). The van der Waals surface area contributed by atoms with Crippen LogP contribution in [-0.2, 0) is 6.18 Å². The zero-order valence-electron chi connectivity index (χ0n) is 15.7. The molecule has 0 aliphatic carbocycles. The number of piperidine rings is 1. The SMILES string of the molecule is O=c1[nH]c2ccccc2n1C1CCN(C(=S)Nc2ccc(Cl)c(C(F)(F)F)c2)CC1. The number of fused-ring (bicyclic) bond motifs is 1. The summed E-state index contributed by atoms with van der Waals surface area (Å²) in [6.45, 7) is 1.17. The molecule has 4 rings (SSSR count). The zero-order chi connectivity index (χ0) is 21.5. The van der Waals surface area contributed by atoms with E-state index < -0.39 is 11.7 Å². The van der Waals surface area contributed by atoms with Crippen LogP contribution in [0.15, 0.2) is 47.3 Å².